The van der Waals surface area contributed by atoms with Crippen LogP contribution in [0.5, 0.6) is 0 Å². The zero-order chi connectivity index (χ0) is 13.7. The number of carbonyl (C=O) groups excluding carboxylic acids is 2. The van der Waals surface area contributed by atoms with Crippen molar-refractivity contribution in [2.45, 2.75) is 0 Å². The van der Waals surface area contributed by atoms with Gasteiger partial charge in [0.15, 0.2) is 0 Å². The van der Waals surface area contributed by atoms with E-state index in [1.54, 1.807) is 11.3 Å². The Morgan fingerprint density at radius 2 is 2.16 bits per heavy atom. The number of hydrogen-bond donors (Lipinski definition) is 2. The Morgan fingerprint density at radius 3 is 2.84 bits per heavy atom. The molecule has 0 atom stereocenters. The van der Waals surface area contributed by atoms with Crippen molar-refractivity contribution in [2.75, 3.05) is 31.2 Å². The lowest BCUT2D eigenvalue weighted by molar-refractivity contribution is -0.137. The maximum Gasteiger partial charge on any atom is 0.329 e. The third-order valence-electron chi connectivity index (χ3n) is 2.52. The predicted molar refractivity (Wildman–Crippen MR) is 72.3 cm³/mol. The van der Waals surface area contributed by atoms with Crippen molar-refractivity contribution in [1.82, 2.24) is 5.43 Å². The quantitative estimate of drug-likeness (QED) is 0.444. The topological polar surface area (TPSA) is 97.0 Å². The van der Waals surface area contributed by atoms with Crippen LogP contribution in [0.2, 0.25) is 0 Å². The summed E-state index contributed by atoms with van der Waals surface area (Å²) in [6, 6.07) is 3.89. The second-order valence-corrected chi connectivity index (χ2v) is 4.93. The minimum Gasteiger partial charge on any atom is -0.378 e. The molecule has 0 spiro atoms. The summed E-state index contributed by atoms with van der Waals surface area (Å²) in [7, 11) is 0. The van der Waals surface area contributed by atoms with E-state index in [2.05, 4.69) is 10.0 Å². The number of hydrazone groups is 1. The summed E-state index contributed by atoms with van der Waals surface area (Å²) in [6.45, 7) is 3.21. The van der Waals surface area contributed by atoms with E-state index in [9.17, 15) is 9.59 Å². The maximum absolute atomic E-state index is 10.9. The van der Waals surface area contributed by atoms with E-state index in [0.717, 1.165) is 36.2 Å². The van der Waals surface area contributed by atoms with E-state index in [1.807, 2.05) is 17.6 Å². The summed E-state index contributed by atoms with van der Waals surface area (Å²) in [5.41, 5.74) is 6.82. The van der Waals surface area contributed by atoms with E-state index in [-0.39, 0.29) is 0 Å². The van der Waals surface area contributed by atoms with Crippen LogP contribution in [0.1, 0.15) is 4.88 Å². The summed E-state index contributed by atoms with van der Waals surface area (Å²) in [5.74, 6) is -1.99. The molecule has 1 aliphatic rings. The van der Waals surface area contributed by atoms with Gasteiger partial charge in [-0.25, -0.2) is 5.43 Å². The lowest BCUT2D eigenvalue weighted by Crippen LogP contribution is -2.35. The van der Waals surface area contributed by atoms with Crippen LogP contribution >= 0.6 is 11.3 Å². The molecule has 0 aromatic carbocycles. The molecule has 2 rings (SSSR count). The highest BCUT2D eigenvalue weighted by Gasteiger charge is 2.12. The molecule has 19 heavy (non-hydrogen) atoms. The SMILES string of the molecule is NC(=O)C(=O)N/N=C\c1ccc(N2CCOCC2)s1. The van der Waals surface area contributed by atoms with Gasteiger partial charge in [-0.2, -0.15) is 5.10 Å². The van der Waals surface area contributed by atoms with Crippen LogP contribution in [0.15, 0.2) is 17.2 Å². The lowest BCUT2D eigenvalue weighted by atomic mass is 10.4. The third-order valence-corrected chi connectivity index (χ3v) is 3.60. The van der Waals surface area contributed by atoms with Crippen molar-refractivity contribution in [3.8, 4) is 0 Å². The summed E-state index contributed by atoms with van der Waals surface area (Å²) < 4.78 is 5.29. The van der Waals surface area contributed by atoms with Crippen molar-refractivity contribution in [1.29, 1.82) is 0 Å². The number of nitrogens with zero attached hydrogens (tertiary/aromatic N) is 2. The number of hydrogen-bond acceptors (Lipinski definition) is 6. The van der Waals surface area contributed by atoms with Crippen LogP contribution in [-0.2, 0) is 14.3 Å². The highest BCUT2D eigenvalue weighted by molar-refractivity contribution is 7.17. The summed E-state index contributed by atoms with van der Waals surface area (Å²) >= 11 is 1.55. The smallest absolute Gasteiger partial charge is 0.329 e. The zero-order valence-electron chi connectivity index (χ0n) is 10.2. The molecule has 0 unspecified atom stereocenters. The molecular formula is C11H14N4O3S. The van der Waals surface area contributed by atoms with Gasteiger partial charge >= 0.3 is 11.8 Å². The van der Waals surface area contributed by atoms with Gasteiger partial charge in [0.2, 0.25) is 0 Å². The normalized spacial score (nSPS) is 15.7. The molecule has 0 radical (unpaired) electrons. The monoisotopic (exact) mass is 282 g/mol. The second kappa shape index (κ2) is 6.30. The van der Waals surface area contributed by atoms with Crippen LogP contribution in [0, 0.1) is 0 Å². The summed E-state index contributed by atoms with van der Waals surface area (Å²) in [6.07, 6.45) is 1.48. The van der Waals surface area contributed by atoms with Crippen LogP contribution < -0.4 is 16.1 Å². The van der Waals surface area contributed by atoms with Gasteiger partial charge in [0.05, 0.1) is 24.4 Å². The average Bonchev–Trinajstić information content (AvgIpc) is 2.88. The first kappa shape index (κ1) is 13.5. The summed E-state index contributed by atoms with van der Waals surface area (Å²) in [5, 5.41) is 4.79. The van der Waals surface area contributed by atoms with E-state index < -0.39 is 11.8 Å². The number of amides is 2. The Balaban J connectivity index is 1.91. The van der Waals surface area contributed by atoms with Gasteiger partial charge in [0.25, 0.3) is 0 Å². The number of morpholine rings is 1. The number of nitrogens with two attached hydrogens (primary N) is 1. The lowest BCUT2D eigenvalue weighted by Gasteiger charge is -2.27. The molecule has 1 aromatic rings. The van der Waals surface area contributed by atoms with E-state index in [4.69, 9.17) is 10.5 Å². The van der Waals surface area contributed by atoms with Gasteiger partial charge in [-0.15, -0.1) is 11.3 Å². The van der Waals surface area contributed by atoms with Gasteiger partial charge in [-0.05, 0) is 12.1 Å². The van der Waals surface area contributed by atoms with Crippen LogP contribution in [0.25, 0.3) is 0 Å². The van der Waals surface area contributed by atoms with Crippen LogP contribution in [0.4, 0.5) is 5.00 Å². The first-order chi connectivity index (χ1) is 9.16. The van der Waals surface area contributed by atoms with Crippen molar-refractivity contribution < 1.29 is 14.3 Å². The fourth-order valence-electron chi connectivity index (χ4n) is 1.57. The molecule has 0 saturated carbocycles. The Labute approximate surface area is 114 Å². The van der Waals surface area contributed by atoms with Crippen molar-refractivity contribution >= 4 is 34.4 Å². The Bertz CT molecular complexity index is 494. The Kier molecular flexibility index (Phi) is 4.48. The number of primary amides is 1. The molecule has 3 N–H and O–H groups in total. The van der Waals surface area contributed by atoms with Crippen LogP contribution in [0.3, 0.4) is 0 Å². The molecule has 1 aromatic heterocycles. The second-order valence-electron chi connectivity index (χ2n) is 3.84. The number of thiophene rings is 1. The molecule has 8 heteroatoms. The van der Waals surface area contributed by atoms with E-state index in [0.29, 0.717) is 0 Å². The minimum atomic E-state index is -1.06. The molecule has 0 aliphatic carbocycles. The minimum absolute atomic E-state index is 0.732. The zero-order valence-corrected chi connectivity index (χ0v) is 11.0. The highest BCUT2D eigenvalue weighted by Crippen LogP contribution is 2.25. The van der Waals surface area contributed by atoms with Crippen molar-refractivity contribution in [3.63, 3.8) is 0 Å². The molecule has 2 amide bonds. The fraction of sp³-hybridized carbons (Fsp3) is 0.364. The van der Waals surface area contributed by atoms with E-state index in [1.165, 1.54) is 6.21 Å². The standard InChI is InChI=1S/C11H14N4O3S/c12-10(16)11(17)14-13-7-8-1-2-9(19-8)15-3-5-18-6-4-15/h1-2,7H,3-6H2,(H2,12,16)(H,14,17)/b13-7-. The molecule has 1 aliphatic heterocycles. The number of anilines is 1. The van der Waals surface area contributed by atoms with Crippen molar-refractivity contribution in [2.24, 2.45) is 10.8 Å². The largest absolute Gasteiger partial charge is 0.378 e. The van der Waals surface area contributed by atoms with Gasteiger partial charge in [0, 0.05) is 18.0 Å². The molecule has 2 heterocycles. The Morgan fingerprint density at radius 1 is 1.42 bits per heavy atom. The van der Waals surface area contributed by atoms with Crippen LogP contribution in [-0.4, -0.2) is 44.3 Å². The molecule has 0 bridgehead atoms. The predicted octanol–water partition coefficient (Wildman–Crippen LogP) is -0.480. The first-order valence-corrected chi connectivity index (χ1v) is 6.54. The number of ether oxygens (including phenoxy) is 1. The molecule has 1 saturated heterocycles. The first-order valence-electron chi connectivity index (χ1n) is 5.72. The van der Waals surface area contributed by atoms with Crippen molar-refractivity contribution in [3.05, 3.63) is 17.0 Å². The maximum atomic E-state index is 10.9. The van der Waals surface area contributed by atoms with Gasteiger partial charge < -0.3 is 15.4 Å². The molecule has 7 nitrogen and oxygen atoms in total. The number of carbonyl (C=O) groups is 2. The Hall–Kier alpha value is -1.93. The number of nitrogens with one attached hydrogen (secondary N) is 1. The number of rotatable bonds is 3. The van der Waals surface area contributed by atoms with Gasteiger partial charge in [-0.3, -0.25) is 9.59 Å². The van der Waals surface area contributed by atoms with E-state index >= 15 is 0 Å². The van der Waals surface area contributed by atoms with Gasteiger partial charge in [-0.1, -0.05) is 0 Å². The highest BCUT2D eigenvalue weighted by atomic mass is 32.1. The molecule has 1 fully saturated rings. The molecule has 102 valence electrons. The fourth-order valence-corrected chi connectivity index (χ4v) is 2.51. The van der Waals surface area contributed by atoms with Gasteiger partial charge in [0.1, 0.15) is 0 Å². The summed E-state index contributed by atoms with van der Waals surface area (Å²) in [4.78, 5) is 24.5. The average molecular weight is 282 g/mol. The third kappa shape index (κ3) is 3.76. The molecular weight excluding hydrogens is 268 g/mol.